The Labute approximate surface area is 121 Å². The van der Waals surface area contributed by atoms with E-state index >= 15 is 0 Å². The summed E-state index contributed by atoms with van der Waals surface area (Å²) in [7, 11) is 0. The predicted octanol–water partition coefficient (Wildman–Crippen LogP) is 2.49. The predicted molar refractivity (Wildman–Crippen MR) is 70.6 cm³/mol. The van der Waals surface area contributed by atoms with Gasteiger partial charge >= 0.3 is 6.09 Å². The summed E-state index contributed by atoms with van der Waals surface area (Å²) in [6.45, 7) is 0.145. The van der Waals surface area contributed by atoms with Gasteiger partial charge < -0.3 is 15.3 Å². The van der Waals surface area contributed by atoms with Crippen LogP contribution in [0.3, 0.4) is 0 Å². The Balaban J connectivity index is 2.33. The quantitative estimate of drug-likeness (QED) is 0.862. The highest BCUT2D eigenvalue weighted by Crippen LogP contribution is 2.30. The maximum atomic E-state index is 13.9. The minimum absolute atomic E-state index is 0.145. The van der Waals surface area contributed by atoms with Crippen molar-refractivity contribution < 1.29 is 23.5 Å². The summed E-state index contributed by atoms with van der Waals surface area (Å²) in [6, 6.07) is 1.13. The lowest BCUT2D eigenvalue weighted by Gasteiger charge is -2.32. The van der Waals surface area contributed by atoms with E-state index in [1.54, 1.807) is 0 Å². The molecule has 8 heteroatoms. The summed E-state index contributed by atoms with van der Waals surface area (Å²) in [5, 5.41) is 10.7. The Bertz CT molecular complexity index is 545. The zero-order valence-electron chi connectivity index (χ0n) is 10.2. The Morgan fingerprint density at radius 2 is 2.00 bits per heavy atom. The summed E-state index contributed by atoms with van der Waals surface area (Å²) >= 11 is 2.96. The molecule has 1 atom stereocenters. The Morgan fingerprint density at radius 3 is 2.55 bits per heavy atom. The molecule has 1 heterocycles. The van der Waals surface area contributed by atoms with E-state index in [4.69, 9.17) is 5.11 Å². The number of carboxylic acid groups (broad SMARTS) is 1. The van der Waals surface area contributed by atoms with Crippen LogP contribution in [-0.4, -0.2) is 29.7 Å². The van der Waals surface area contributed by atoms with Gasteiger partial charge in [0.15, 0.2) is 11.6 Å². The van der Waals surface area contributed by atoms with Crippen LogP contribution in [0.1, 0.15) is 12.8 Å². The van der Waals surface area contributed by atoms with Gasteiger partial charge in [0.25, 0.3) is 0 Å². The van der Waals surface area contributed by atoms with Crippen molar-refractivity contribution in [1.82, 2.24) is 5.32 Å². The largest absolute Gasteiger partial charge is 0.465 e. The summed E-state index contributed by atoms with van der Waals surface area (Å²) in [4.78, 5) is 23.7. The van der Waals surface area contributed by atoms with Crippen molar-refractivity contribution in [3.63, 3.8) is 0 Å². The molecule has 1 aromatic carbocycles. The van der Waals surface area contributed by atoms with Crippen molar-refractivity contribution in [2.45, 2.75) is 18.9 Å². The van der Waals surface area contributed by atoms with Gasteiger partial charge in [-0.25, -0.2) is 13.6 Å². The monoisotopic (exact) mass is 348 g/mol. The molecule has 0 bridgehead atoms. The van der Waals surface area contributed by atoms with Gasteiger partial charge in [-0.3, -0.25) is 4.79 Å². The number of nitrogens with zero attached hydrogens (tertiary/aromatic N) is 1. The summed E-state index contributed by atoms with van der Waals surface area (Å²) in [6.07, 6.45) is -0.588. The number of carbonyl (C=O) groups excluding carboxylic acids is 1. The van der Waals surface area contributed by atoms with Gasteiger partial charge in [0, 0.05) is 11.0 Å². The minimum atomic E-state index is -1.35. The first-order chi connectivity index (χ1) is 9.40. The molecule has 0 aromatic heterocycles. The number of amides is 2. The second-order valence-corrected chi connectivity index (χ2v) is 5.27. The van der Waals surface area contributed by atoms with Gasteiger partial charge in [0.2, 0.25) is 5.91 Å². The van der Waals surface area contributed by atoms with Gasteiger partial charge in [-0.05, 0) is 25.0 Å². The average molecular weight is 349 g/mol. The fourth-order valence-corrected chi connectivity index (χ4v) is 2.57. The molecule has 1 saturated heterocycles. The van der Waals surface area contributed by atoms with Crippen LogP contribution >= 0.6 is 15.9 Å². The fraction of sp³-hybridized carbons (Fsp3) is 0.333. The third-order valence-electron chi connectivity index (χ3n) is 2.99. The SMILES string of the molecule is O=C(O)NC1CCCN(c2c(F)cc(Br)cc2F)C1=O. The third kappa shape index (κ3) is 2.90. The standard InChI is InChI=1S/C12H11BrF2N2O3/c13-6-4-7(14)10(8(15)5-6)17-3-1-2-9(11(17)18)16-12(19)20/h4-5,9,16H,1-3H2,(H,19,20). The molecule has 2 rings (SSSR count). The highest BCUT2D eigenvalue weighted by molar-refractivity contribution is 9.10. The van der Waals surface area contributed by atoms with Crippen molar-refractivity contribution in [2.75, 3.05) is 11.4 Å². The molecular formula is C12H11BrF2N2O3. The molecule has 1 fully saturated rings. The number of carbonyl (C=O) groups is 2. The lowest BCUT2D eigenvalue weighted by Crippen LogP contribution is -2.52. The number of benzene rings is 1. The molecular weight excluding hydrogens is 338 g/mol. The van der Waals surface area contributed by atoms with E-state index in [-0.39, 0.29) is 11.0 Å². The smallest absolute Gasteiger partial charge is 0.405 e. The van der Waals surface area contributed by atoms with Crippen LogP contribution in [-0.2, 0) is 4.79 Å². The molecule has 0 aliphatic carbocycles. The zero-order valence-corrected chi connectivity index (χ0v) is 11.8. The van der Waals surface area contributed by atoms with Gasteiger partial charge in [0.1, 0.15) is 11.7 Å². The highest BCUT2D eigenvalue weighted by atomic mass is 79.9. The summed E-state index contributed by atoms with van der Waals surface area (Å²) in [5.74, 6) is -2.40. The normalized spacial score (nSPS) is 19.1. The zero-order chi connectivity index (χ0) is 14.9. The van der Waals surface area contributed by atoms with Gasteiger partial charge in [0.05, 0.1) is 0 Å². The highest BCUT2D eigenvalue weighted by Gasteiger charge is 2.33. The van der Waals surface area contributed by atoms with E-state index < -0.39 is 35.4 Å². The van der Waals surface area contributed by atoms with Crippen molar-refractivity contribution in [3.8, 4) is 0 Å². The maximum absolute atomic E-state index is 13.9. The Kier molecular flexibility index (Phi) is 4.22. The number of hydrogen-bond acceptors (Lipinski definition) is 2. The van der Waals surface area contributed by atoms with Crippen molar-refractivity contribution in [3.05, 3.63) is 28.2 Å². The van der Waals surface area contributed by atoms with E-state index in [1.807, 2.05) is 0 Å². The molecule has 1 aliphatic rings. The van der Waals surface area contributed by atoms with Crippen LogP contribution in [0.25, 0.3) is 0 Å². The van der Waals surface area contributed by atoms with E-state index in [9.17, 15) is 18.4 Å². The second-order valence-electron chi connectivity index (χ2n) is 4.35. The molecule has 2 N–H and O–H groups in total. The first-order valence-electron chi connectivity index (χ1n) is 5.85. The van der Waals surface area contributed by atoms with Crippen LogP contribution in [0.4, 0.5) is 19.3 Å². The molecule has 1 aromatic rings. The molecule has 1 aliphatic heterocycles. The number of anilines is 1. The van der Waals surface area contributed by atoms with Gasteiger partial charge in [-0.1, -0.05) is 15.9 Å². The fourth-order valence-electron chi connectivity index (χ4n) is 2.17. The molecule has 2 amide bonds. The topological polar surface area (TPSA) is 69.6 Å². The number of nitrogens with one attached hydrogen (secondary N) is 1. The summed E-state index contributed by atoms with van der Waals surface area (Å²) < 4.78 is 27.9. The number of rotatable bonds is 2. The van der Waals surface area contributed by atoms with Crippen molar-refractivity contribution in [1.29, 1.82) is 0 Å². The van der Waals surface area contributed by atoms with Crippen molar-refractivity contribution >= 4 is 33.6 Å². The van der Waals surface area contributed by atoms with E-state index in [0.717, 1.165) is 17.0 Å². The third-order valence-corrected chi connectivity index (χ3v) is 3.45. The molecule has 0 radical (unpaired) electrons. The van der Waals surface area contributed by atoms with E-state index in [2.05, 4.69) is 21.2 Å². The Hall–Kier alpha value is -1.70. The first-order valence-corrected chi connectivity index (χ1v) is 6.65. The van der Waals surface area contributed by atoms with Gasteiger partial charge in [-0.15, -0.1) is 0 Å². The molecule has 0 saturated carbocycles. The van der Waals surface area contributed by atoms with Crippen LogP contribution in [0.15, 0.2) is 16.6 Å². The molecule has 5 nitrogen and oxygen atoms in total. The number of hydrogen-bond donors (Lipinski definition) is 2. The molecule has 0 spiro atoms. The molecule has 108 valence electrons. The lowest BCUT2D eigenvalue weighted by molar-refractivity contribution is -0.121. The van der Waals surface area contributed by atoms with E-state index in [0.29, 0.717) is 12.8 Å². The molecule has 1 unspecified atom stereocenters. The van der Waals surface area contributed by atoms with Gasteiger partial charge in [-0.2, -0.15) is 0 Å². The maximum Gasteiger partial charge on any atom is 0.405 e. The Morgan fingerprint density at radius 1 is 1.40 bits per heavy atom. The van der Waals surface area contributed by atoms with Crippen LogP contribution < -0.4 is 10.2 Å². The number of halogens is 3. The minimum Gasteiger partial charge on any atom is -0.465 e. The second kappa shape index (κ2) is 5.74. The lowest BCUT2D eigenvalue weighted by atomic mass is 10.0. The summed E-state index contributed by atoms with van der Waals surface area (Å²) in [5.41, 5.74) is -0.449. The molecule has 20 heavy (non-hydrogen) atoms. The van der Waals surface area contributed by atoms with Crippen LogP contribution in [0.2, 0.25) is 0 Å². The van der Waals surface area contributed by atoms with Crippen LogP contribution in [0, 0.1) is 11.6 Å². The first kappa shape index (κ1) is 14.7. The van der Waals surface area contributed by atoms with E-state index in [1.165, 1.54) is 0 Å². The average Bonchev–Trinajstić information content (AvgIpc) is 2.32. The van der Waals surface area contributed by atoms with Crippen LogP contribution in [0.5, 0.6) is 0 Å². The van der Waals surface area contributed by atoms with Crippen molar-refractivity contribution in [2.24, 2.45) is 0 Å². The number of piperidine rings is 1.